The Kier molecular flexibility index (Phi) is 6.98. The zero-order chi connectivity index (χ0) is 22.1. The van der Waals surface area contributed by atoms with Crippen LogP contribution in [0.25, 0.3) is 0 Å². The summed E-state index contributed by atoms with van der Waals surface area (Å²) >= 11 is 5.69. The number of ketones is 1. The summed E-state index contributed by atoms with van der Waals surface area (Å²) in [6, 6.07) is 15.5. The lowest BCUT2D eigenvalue weighted by Crippen LogP contribution is -2.65. The van der Waals surface area contributed by atoms with E-state index in [0.29, 0.717) is 17.9 Å². The smallest absolute Gasteiger partial charge is 0.162 e. The second-order valence-corrected chi connectivity index (χ2v) is 11.4. The Balaban J connectivity index is 1.61. The fourth-order valence-electron chi connectivity index (χ4n) is 5.28. The molecule has 0 atom stereocenters. The van der Waals surface area contributed by atoms with Gasteiger partial charge in [-0.2, -0.15) is 5.26 Å². The number of nitriles is 1. The lowest BCUT2D eigenvalue weighted by molar-refractivity contribution is -0.200. The maximum absolute atomic E-state index is 12.5. The van der Waals surface area contributed by atoms with Gasteiger partial charge >= 0.3 is 0 Å². The molecule has 3 nitrogen and oxygen atoms in total. The third-order valence-corrected chi connectivity index (χ3v) is 7.90. The molecule has 0 spiro atoms. The number of nitrogens with zero attached hydrogens (tertiary/aromatic N) is 1. The molecule has 1 saturated carbocycles. The predicted molar refractivity (Wildman–Crippen MR) is 132 cm³/mol. The predicted octanol–water partition coefficient (Wildman–Crippen LogP) is 7.41. The molecule has 5 heteroatoms. The van der Waals surface area contributed by atoms with Gasteiger partial charge in [0, 0.05) is 30.9 Å². The number of halogens is 2. The van der Waals surface area contributed by atoms with Crippen molar-refractivity contribution in [3.63, 3.8) is 0 Å². The van der Waals surface area contributed by atoms with Gasteiger partial charge in [-0.1, -0.05) is 39.8 Å². The number of ether oxygens (including phenoxy) is 1. The van der Waals surface area contributed by atoms with E-state index in [2.05, 4.69) is 72.3 Å². The van der Waals surface area contributed by atoms with Gasteiger partial charge in [0.25, 0.3) is 0 Å². The third kappa shape index (κ3) is 4.60. The molecule has 1 fully saturated rings. The lowest BCUT2D eigenvalue weighted by atomic mass is 9.44. The van der Waals surface area contributed by atoms with Crippen molar-refractivity contribution in [2.45, 2.75) is 53.1 Å². The third-order valence-electron chi connectivity index (χ3n) is 6.53. The van der Waals surface area contributed by atoms with Crippen LogP contribution in [0.1, 0.15) is 62.9 Å². The van der Waals surface area contributed by atoms with Gasteiger partial charge in [-0.25, -0.2) is 0 Å². The molecule has 2 aromatic rings. The van der Waals surface area contributed by atoms with Gasteiger partial charge in [-0.3, -0.25) is 4.79 Å². The molecule has 1 aliphatic rings. The Morgan fingerprint density at radius 2 is 1.77 bits per heavy atom. The Labute approximate surface area is 201 Å². The summed E-state index contributed by atoms with van der Waals surface area (Å²) in [5.74, 6) is 1.47. The molecule has 0 aliphatic heterocycles. The molecule has 2 aromatic carbocycles. The van der Waals surface area contributed by atoms with E-state index in [4.69, 9.17) is 10.00 Å². The molecule has 30 heavy (non-hydrogen) atoms. The van der Waals surface area contributed by atoms with Gasteiger partial charge in [-0.15, -0.1) is 0 Å². The normalized spacial score (nSPS) is 21.4. The van der Waals surface area contributed by atoms with Crippen LogP contribution in [0.2, 0.25) is 0 Å². The first kappa shape index (κ1) is 23.3. The van der Waals surface area contributed by atoms with Gasteiger partial charge in [-0.05, 0) is 87.6 Å². The highest BCUT2D eigenvalue weighted by Crippen LogP contribution is 2.62. The van der Waals surface area contributed by atoms with E-state index in [9.17, 15) is 4.79 Å². The van der Waals surface area contributed by atoms with Gasteiger partial charge in [0.05, 0.1) is 5.56 Å². The molecule has 0 saturated heterocycles. The van der Waals surface area contributed by atoms with Crippen LogP contribution in [0.15, 0.2) is 46.9 Å². The molecule has 0 aromatic heterocycles. The summed E-state index contributed by atoms with van der Waals surface area (Å²) in [6.45, 7) is 9.03. The zero-order valence-corrected chi connectivity index (χ0v) is 21.6. The number of hydrogen-bond acceptors (Lipinski definition) is 3. The van der Waals surface area contributed by atoms with Crippen molar-refractivity contribution in [3.05, 3.63) is 61.6 Å². The van der Waals surface area contributed by atoms with E-state index >= 15 is 0 Å². The van der Waals surface area contributed by atoms with Crippen molar-refractivity contribution in [1.29, 1.82) is 5.26 Å². The summed E-state index contributed by atoms with van der Waals surface area (Å²) in [5.41, 5.74) is 1.42. The average molecular weight is 580 g/mol. The van der Waals surface area contributed by atoms with E-state index in [1.807, 2.05) is 36.4 Å². The molecule has 1 aliphatic carbocycles. The van der Waals surface area contributed by atoms with Crippen LogP contribution < -0.4 is 4.74 Å². The monoisotopic (exact) mass is 579 g/mol. The van der Waals surface area contributed by atoms with Gasteiger partial charge < -0.3 is 4.74 Å². The van der Waals surface area contributed by atoms with Crippen LogP contribution in [-0.4, -0.2) is 11.9 Å². The van der Waals surface area contributed by atoms with E-state index in [0.717, 1.165) is 32.2 Å². The number of Topliss-reactive ketones (excluding diaryl/α,β-unsaturated/α-hetero) is 1. The topological polar surface area (TPSA) is 50.1 Å². The van der Waals surface area contributed by atoms with Crippen molar-refractivity contribution >= 4 is 44.3 Å². The van der Waals surface area contributed by atoms with Crippen LogP contribution in [0.3, 0.4) is 0 Å². The Morgan fingerprint density at radius 3 is 2.33 bits per heavy atom. The van der Waals surface area contributed by atoms with Crippen LogP contribution in [0.4, 0.5) is 0 Å². The maximum Gasteiger partial charge on any atom is 0.162 e. The van der Waals surface area contributed by atoms with E-state index in [1.165, 1.54) is 0 Å². The minimum atomic E-state index is 0.00971. The van der Waals surface area contributed by atoms with Crippen LogP contribution in [0.5, 0.6) is 5.75 Å². The molecule has 0 unspecified atom stereocenters. The standard InChI is InChI=1S/C25H27BrINO2/c1-24(2)22(7-5-6-21(29)16-8-11-18(27)12-9-16)25(3,4)23(24)30-19-13-10-17(15-28)20(26)14-19/h8-14,22-23H,5-7H2,1-4H3. The summed E-state index contributed by atoms with van der Waals surface area (Å²) in [6.07, 6.45) is 2.55. The van der Waals surface area contributed by atoms with Crippen LogP contribution >= 0.6 is 38.5 Å². The Hall–Kier alpha value is -1.39. The number of rotatable bonds is 7. The molecule has 0 bridgehead atoms. The molecule has 3 rings (SSSR count). The molecule has 0 amide bonds. The number of carbonyl (C=O) groups is 1. The SMILES string of the molecule is CC1(C)C(CCCC(=O)c2ccc(I)cc2)C(C)(C)C1Oc1ccc(C#N)c(Br)c1. The van der Waals surface area contributed by atoms with Gasteiger partial charge in [0.15, 0.2) is 5.78 Å². The summed E-state index contributed by atoms with van der Waals surface area (Å²) < 4.78 is 8.29. The van der Waals surface area contributed by atoms with Gasteiger partial charge in [0.1, 0.15) is 17.9 Å². The first-order valence-corrected chi connectivity index (χ1v) is 12.1. The molecule has 0 heterocycles. The fourth-order valence-corrected chi connectivity index (χ4v) is 6.08. The quantitative estimate of drug-likeness (QED) is 0.253. The van der Waals surface area contributed by atoms with E-state index < -0.39 is 0 Å². The second-order valence-electron chi connectivity index (χ2n) is 9.27. The van der Waals surface area contributed by atoms with Crippen molar-refractivity contribution in [1.82, 2.24) is 0 Å². The average Bonchev–Trinajstić information content (AvgIpc) is 2.69. The van der Waals surface area contributed by atoms with E-state index in [-0.39, 0.29) is 22.7 Å². The number of benzene rings is 2. The Morgan fingerprint density at radius 1 is 1.13 bits per heavy atom. The molecule has 0 radical (unpaired) electrons. The number of hydrogen-bond donors (Lipinski definition) is 0. The Bertz CT molecular complexity index is 960. The molecular weight excluding hydrogens is 553 g/mol. The van der Waals surface area contributed by atoms with Crippen molar-refractivity contribution in [2.24, 2.45) is 16.7 Å². The highest BCUT2D eigenvalue weighted by molar-refractivity contribution is 14.1. The molecular formula is C25H27BrINO2. The first-order valence-electron chi connectivity index (χ1n) is 10.2. The minimum Gasteiger partial charge on any atom is -0.489 e. The summed E-state index contributed by atoms with van der Waals surface area (Å²) in [5, 5.41) is 9.11. The van der Waals surface area contributed by atoms with Gasteiger partial charge in [0.2, 0.25) is 0 Å². The summed E-state index contributed by atoms with van der Waals surface area (Å²) in [7, 11) is 0. The fraction of sp³-hybridized carbons (Fsp3) is 0.440. The molecule has 158 valence electrons. The van der Waals surface area contributed by atoms with E-state index in [1.54, 1.807) is 6.07 Å². The highest BCUT2D eigenvalue weighted by atomic mass is 127. The molecule has 0 N–H and O–H groups in total. The largest absolute Gasteiger partial charge is 0.489 e. The van der Waals surface area contributed by atoms with Crippen LogP contribution in [-0.2, 0) is 0 Å². The zero-order valence-electron chi connectivity index (χ0n) is 17.8. The number of carbonyl (C=O) groups excluding carboxylic acids is 1. The van der Waals surface area contributed by atoms with Crippen LogP contribution in [0, 0.1) is 31.6 Å². The van der Waals surface area contributed by atoms with Crippen molar-refractivity contribution in [2.75, 3.05) is 0 Å². The minimum absolute atomic E-state index is 0.00971. The first-order chi connectivity index (χ1) is 14.1. The van der Waals surface area contributed by atoms with Crippen molar-refractivity contribution in [3.8, 4) is 11.8 Å². The van der Waals surface area contributed by atoms with Crippen molar-refractivity contribution < 1.29 is 9.53 Å². The second kappa shape index (κ2) is 9.00. The maximum atomic E-state index is 12.5. The summed E-state index contributed by atoms with van der Waals surface area (Å²) in [4.78, 5) is 12.5. The highest BCUT2D eigenvalue weighted by Gasteiger charge is 2.62. The lowest BCUT2D eigenvalue weighted by Gasteiger charge is -2.63.